The zero-order chi connectivity index (χ0) is 68.8. The molecule has 0 aromatic heterocycles. The first-order chi connectivity index (χ1) is 47.3. The van der Waals surface area contributed by atoms with Crippen LogP contribution in [0.4, 0.5) is 0 Å². The number of carbonyl (C=O) groups excluding carboxylic acids is 8. The molecular formula is C80H130N6O12. The molecule has 16 aliphatic rings. The van der Waals surface area contributed by atoms with Crippen molar-refractivity contribution in [1.29, 1.82) is 0 Å². The van der Waals surface area contributed by atoms with E-state index in [1.54, 1.807) is 27.7 Å². The van der Waals surface area contributed by atoms with E-state index in [4.69, 9.17) is 18.9 Å². The smallest absolute Gasteiger partial charge is 0.320 e. The molecule has 6 unspecified atom stereocenters. The van der Waals surface area contributed by atoms with Gasteiger partial charge >= 0.3 is 11.9 Å². The maximum Gasteiger partial charge on any atom is 0.320 e. The lowest BCUT2D eigenvalue weighted by atomic mass is 9.49. The molecule has 6 atom stereocenters. The normalized spacial score (nSPS) is 34.2. The van der Waals surface area contributed by atoms with Crippen LogP contribution in [0.1, 0.15) is 246 Å². The van der Waals surface area contributed by atoms with Gasteiger partial charge in [-0.3, -0.25) is 38.4 Å². The lowest BCUT2D eigenvalue weighted by Crippen LogP contribution is -2.53. The molecular weight excluding hydrogens is 1240 g/mol. The van der Waals surface area contributed by atoms with Gasteiger partial charge in [0.25, 0.3) is 0 Å². The SMILES string of the molecule is CC(C(=O)NCC12CC3CC(CC(C3)C1)C2)C(=O)NCC12CC3CC(CC(C3)C1)C2.CC(C(=O)NCC1CC2CCC1C2)C(=O)NCC1CC2CCC1C2.CC(C(=O)NCC1CCCCC1)C(=O)NCC1CCCCC1.CC(C(=O)OCC1CCOCC1)C(=O)OCC1CCOCC1. The molecule has 2 heterocycles. The number of hydrogen-bond donors (Lipinski definition) is 6. The number of nitrogens with one attached hydrogen (secondary N) is 6. The van der Waals surface area contributed by atoms with Crippen molar-refractivity contribution in [3.05, 3.63) is 0 Å². The maximum absolute atomic E-state index is 12.8. The quantitative estimate of drug-likeness (QED) is 0.0390. The number of ether oxygens (including phenoxy) is 4. The van der Waals surface area contributed by atoms with Crippen molar-refractivity contribution in [3.63, 3.8) is 0 Å². The summed E-state index contributed by atoms with van der Waals surface area (Å²) in [5.74, 6) is 7.88. The first kappa shape index (κ1) is 74.9. The minimum absolute atomic E-state index is 0.0613. The second kappa shape index (κ2) is 35.7. The van der Waals surface area contributed by atoms with Crippen LogP contribution < -0.4 is 31.9 Å². The summed E-state index contributed by atoms with van der Waals surface area (Å²) in [4.78, 5) is 98.3. The van der Waals surface area contributed by atoms with Gasteiger partial charge in [0.15, 0.2) is 5.92 Å². The van der Waals surface area contributed by atoms with Gasteiger partial charge in [-0.2, -0.15) is 0 Å². The highest BCUT2D eigenvalue weighted by molar-refractivity contribution is 6.01. The third kappa shape index (κ3) is 21.0. The minimum atomic E-state index is -0.861. The highest BCUT2D eigenvalue weighted by atomic mass is 16.6. The minimum Gasteiger partial charge on any atom is -0.465 e. The molecule has 0 radical (unpaired) electrons. The Balaban J connectivity index is 0.000000134. The first-order valence-electron chi connectivity index (χ1n) is 40.5. The molecule has 14 saturated carbocycles. The molecule has 552 valence electrons. The standard InChI is InChI=1S/C26H40N2O2.C20H32N2O2.C18H32N2O2.C16H26O6/c1-16(23(29)27-14-25-8-17-2-18(9-25)4-19(3-17)10-25)24(30)28-15-26-11-20-5-21(12-26)7-22(6-20)13-26;1-12(19(23)21-10-17-8-13-2-4-15(17)6-13)20(24)22-11-18-9-14-3-5-16(18)7-14;1-14(17(21)19-12-15-8-4-2-5-9-15)18(22)20-13-16-10-6-3-7-11-16;1-12(15(17)21-10-13-2-6-19-7-3-13)16(18)22-11-14-4-8-20-9-5-14/h16-22H,2-15H2,1H3,(H,27,29)(H,28,30);12-18H,2-11H2,1H3,(H,21,23)(H,22,24);14-16H,2-13H2,1H3,(H,19,21)(H,20,22);12-14H,2-11H2,1H3. The Morgan fingerprint density at radius 2 is 0.633 bits per heavy atom. The Kier molecular flexibility index (Phi) is 27.3. The molecule has 14 aliphatic carbocycles. The Bertz CT molecular complexity index is 2330. The van der Waals surface area contributed by atoms with Crippen LogP contribution in [0.3, 0.4) is 0 Å². The Labute approximate surface area is 588 Å². The molecule has 6 N–H and O–H groups in total. The fourth-order valence-electron chi connectivity index (χ4n) is 22.4. The van der Waals surface area contributed by atoms with Gasteiger partial charge in [-0.15, -0.1) is 0 Å². The molecule has 12 bridgehead atoms. The number of esters is 2. The summed E-state index contributed by atoms with van der Waals surface area (Å²) in [5.41, 5.74) is 0.666. The molecule has 18 nitrogen and oxygen atoms in total. The molecule has 0 aromatic rings. The van der Waals surface area contributed by atoms with Crippen LogP contribution in [0.15, 0.2) is 0 Å². The van der Waals surface area contributed by atoms with E-state index in [-0.39, 0.29) is 35.4 Å². The molecule has 98 heavy (non-hydrogen) atoms. The Morgan fingerprint density at radius 3 is 0.929 bits per heavy atom. The predicted molar refractivity (Wildman–Crippen MR) is 376 cm³/mol. The zero-order valence-electron chi connectivity index (χ0n) is 61.0. The fourth-order valence-corrected chi connectivity index (χ4v) is 22.4. The van der Waals surface area contributed by atoms with Crippen LogP contribution in [0.5, 0.6) is 0 Å². The van der Waals surface area contributed by atoms with E-state index in [1.165, 1.54) is 193 Å². The van der Waals surface area contributed by atoms with Crippen molar-refractivity contribution >= 4 is 47.4 Å². The Hall–Kier alpha value is -4.32. The Morgan fingerprint density at radius 1 is 0.327 bits per heavy atom. The van der Waals surface area contributed by atoms with E-state index in [0.29, 0.717) is 86.0 Å². The summed E-state index contributed by atoms with van der Waals surface area (Å²) < 4.78 is 21.0. The molecule has 16 fully saturated rings. The van der Waals surface area contributed by atoms with E-state index in [9.17, 15) is 38.4 Å². The van der Waals surface area contributed by atoms with Crippen LogP contribution in [-0.4, -0.2) is 126 Å². The van der Waals surface area contributed by atoms with Gasteiger partial charge in [-0.25, -0.2) is 0 Å². The summed E-state index contributed by atoms with van der Waals surface area (Å²) in [6, 6.07) is 0. The number of hydrogen-bond acceptors (Lipinski definition) is 12. The largest absolute Gasteiger partial charge is 0.465 e. The molecule has 18 heteroatoms. The van der Waals surface area contributed by atoms with Crippen LogP contribution in [0.25, 0.3) is 0 Å². The number of carbonyl (C=O) groups is 8. The summed E-state index contributed by atoms with van der Waals surface area (Å²) in [6.45, 7) is 15.0. The van der Waals surface area contributed by atoms with Gasteiger partial charge in [0.1, 0.15) is 17.8 Å². The second-order valence-corrected chi connectivity index (χ2v) is 35.4. The fraction of sp³-hybridized carbons (Fsp3) is 0.900. The van der Waals surface area contributed by atoms with Crippen LogP contribution >= 0.6 is 0 Å². The highest BCUT2D eigenvalue weighted by Crippen LogP contribution is 2.61. The van der Waals surface area contributed by atoms with Crippen LogP contribution in [0, 0.1) is 129 Å². The predicted octanol–water partition coefficient (Wildman–Crippen LogP) is 11.6. The summed E-state index contributed by atoms with van der Waals surface area (Å²) >= 11 is 0. The first-order valence-corrected chi connectivity index (χ1v) is 40.5. The van der Waals surface area contributed by atoms with Gasteiger partial charge < -0.3 is 50.8 Å². The highest BCUT2D eigenvalue weighted by Gasteiger charge is 2.53. The monoisotopic (exact) mass is 1370 g/mol. The van der Waals surface area contributed by atoms with Gasteiger partial charge in [0.05, 0.1) is 13.2 Å². The van der Waals surface area contributed by atoms with Crippen LogP contribution in [0.2, 0.25) is 0 Å². The van der Waals surface area contributed by atoms with E-state index in [2.05, 4.69) is 31.9 Å². The zero-order valence-corrected chi connectivity index (χ0v) is 61.0. The molecule has 6 amide bonds. The lowest BCUT2D eigenvalue weighted by molar-refractivity contribution is -0.164. The van der Waals surface area contributed by atoms with Crippen molar-refractivity contribution < 1.29 is 57.3 Å². The third-order valence-corrected chi connectivity index (χ3v) is 27.7. The number of rotatable bonds is 24. The molecule has 2 aliphatic heterocycles. The van der Waals surface area contributed by atoms with Gasteiger partial charge in [0, 0.05) is 65.7 Å². The van der Waals surface area contributed by atoms with Crippen molar-refractivity contribution in [2.45, 2.75) is 246 Å². The molecule has 16 rings (SSSR count). The summed E-state index contributed by atoms with van der Waals surface area (Å²) in [6.07, 6.45) is 43.3. The maximum atomic E-state index is 12.8. The summed E-state index contributed by atoms with van der Waals surface area (Å²) in [5, 5.41) is 18.5. The van der Waals surface area contributed by atoms with Crippen molar-refractivity contribution in [2.75, 3.05) is 78.9 Å². The average molecular weight is 1370 g/mol. The van der Waals surface area contributed by atoms with Crippen LogP contribution in [-0.2, 0) is 57.3 Å². The number of amides is 6. The van der Waals surface area contributed by atoms with E-state index in [1.807, 2.05) is 0 Å². The van der Waals surface area contributed by atoms with Gasteiger partial charge in [-0.1, -0.05) is 51.4 Å². The molecule has 0 aromatic carbocycles. The molecule has 0 spiro atoms. The number of fused-ring (bicyclic) bond motifs is 4. The topological polar surface area (TPSA) is 246 Å². The third-order valence-electron chi connectivity index (χ3n) is 27.7. The second-order valence-electron chi connectivity index (χ2n) is 35.4. The van der Waals surface area contributed by atoms with Gasteiger partial charge in [-0.05, 0) is 300 Å². The van der Waals surface area contributed by atoms with Crippen molar-refractivity contribution in [2.24, 2.45) is 129 Å². The van der Waals surface area contributed by atoms with Crippen molar-refractivity contribution in [1.82, 2.24) is 31.9 Å². The van der Waals surface area contributed by atoms with E-state index < -0.39 is 35.6 Å². The molecule has 2 saturated heterocycles. The van der Waals surface area contributed by atoms with E-state index >= 15 is 0 Å². The van der Waals surface area contributed by atoms with Crippen molar-refractivity contribution in [3.8, 4) is 0 Å². The van der Waals surface area contributed by atoms with E-state index in [0.717, 1.165) is 124 Å². The average Bonchev–Trinajstić information content (AvgIpc) is 1.12. The summed E-state index contributed by atoms with van der Waals surface area (Å²) in [7, 11) is 0. The lowest BCUT2D eigenvalue weighted by Gasteiger charge is -2.57. The van der Waals surface area contributed by atoms with Gasteiger partial charge in [0.2, 0.25) is 35.4 Å².